The van der Waals surface area contributed by atoms with Crippen LogP contribution in [0.1, 0.15) is 28.6 Å². The summed E-state index contributed by atoms with van der Waals surface area (Å²) < 4.78 is 43.8. The number of sulfonamides is 1. The Labute approximate surface area is 152 Å². The third-order valence-corrected chi connectivity index (χ3v) is 5.80. The van der Waals surface area contributed by atoms with Gasteiger partial charge in [0.1, 0.15) is 17.7 Å². The molecule has 3 aromatic rings. The molecule has 0 spiro atoms. The van der Waals surface area contributed by atoms with Crippen molar-refractivity contribution in [3.8, 4) is 0 Å². The summed E-state index contributed by atoms with van der Waals surface area (Å²) in [6.45, 7) is 3.67. The van der Waals surface area contributed by atoms with E-state index in [2.05, 4.69) is 9.71 Å². The molecule has 0 amide bonds. The van der Waals surface area contributed by atoms with E-state index in [1.165, 1.54) is 12.1 Å². The smallest absolute Gasteiger partial charge is 0.241 e. The molecule has 0 aliphatic carbocycles. The second-order valence-electron chi connectivity index (χ2n) is 6.27. The van der Waals surface area contributed by atoms with Crippen LogP contribution in [0.3, 0.4) is 0 Å². The third kappa shape index (κ3) is 3.68. The quantitative estimate of drug-likeness (QED) is 0.747. The van der Waals surface area contributed by atoms with Crippen molar-refractivity contribution in [1.82, 2.24) is 14.3 Å². The number of benzene rings is 2. The zero-order chi connectivity index (χ0) is 18.9. The minimum atomic E-state index is -3.81. The largest absolute Gasteiger partial charge is 0.336 e. The van der Waals surface area contributed by atoms with Crippen LogP contribution in [0, 0.1) is 19.7 Å². The zero-order valence-electron chi connectivity index (χ0n) is 14.8. The fourth-order valence-corrected chi connectivity index (χ4v) is 4.31. The van der Waals surface area contributed by atoms with E-state index in [0.717, 1.165) is 5.56 Å². The fraction of sp³-hybridized carbons (Fsp3) is 0.211. The van der Waals surface area contributed by atoms with Gasteiger partial charge in [-0.1, -0.05) is 29.8 Å². The van der Waals surface area contributed by atoms with E-state index in [9.17, 15) is 12.8 Å². The minimum absolute atomic E-state index is 0.212. The molecule has 0 radical (unpaired) electrons. The van der Waals surface area contributed by atoms with Crippen molar-refractivity contribution in [2.75, 3.05) is 0 Å². The van der Waals surface area contributed by atoms with Gasteiger partial charge in [-0.25, -0.2) is 17.8 Å². The second kappa shape index (κ2) is 7.01. The van der Waals surface area contributed by atoms with Crippen molar-refractivity contribution in [3.63, 3.8) is 0 Å². The predicted molar refractivity (Wildman–Crippen MR) is 97.7 cm³/mol. The van der Waals surface area contributed by atoms with Gasteiger partial charge in [0, 0.05) is 19.4 Å². The summed E-state index contributed by atoms with van der Waals surface area (Å²) >= 11 is 0. The lowest BCUT2D eigenvalue weighted by atomic mass is 10.1. The maximum Gasteiger partial charge on any atom is 0.241 e. The number of imidazole rings is 1. The van der Waals surface area contributed by atoms with E-state index in [-0.39, 0.29) is 10.7 Å². The Balaban J connectivity index is 2.05. The van der Waals surface area contributed by atoms with Crippen molar-refractivity contribution >= 4 is 10.0 Å². The van der Waals surface area contributed by atoms with Crippen LogP contribution >= 0.6 is 0 Å². The number of aromatic nitrogens is 2. The summed E-state index contributed by atoms with van der Waals surface area (Å²) in [5, 5.41) is 0. The number of hydrogen-bond acceptors (Lipinski definition) is 3. The van der Waals surface area contributed by atoms with Crippen molar-refractivity contribution in [2.45, 2.75) is 24.8 Å². The van der Waals surface area contributed by atoms with Crippen LogP contribution in [0.15, 0.2) is 59.8 Å². The summed E-state index contributed by atoms with van der Waals surface area (Å²) in [7, 11) is -2.02. The van der Waals surface area contributed by atoms with Crippen molar-refractivity contribution in [2.24, 2.45) is 7.05 Å². The molecule has 1 N–H and O–H groups in total. The Kier molecular flexibility index (Phi) is 4.93. The number of hydrogen-bond donors (Lipinski definition) is 1. The monoisotopic (exact) mass is 373 g/mol. The first-order valence-electron chi connectivity index (χ1n) is 8.10. The molecule has 0 fully saturated rings. The first-order chi connectivity index (χ1) is 12.3. The van der Waals surface area contributed by atoms with Gasteiger partial charge in [0.05, 0.1) is 4.90 Å². The first-order valence-corrected chi connectivity index (χ1v) is 9.58. The summed E-state index contributed by atoms with van der Waals surface area (Å²) in [5.74, 6) is 0.134. The van der Waals surface area contributed by atoms with Crippen LogP contribution in [0.5, 0.6) is 0 Å². The fourth-order valence-electron chi connectivity index (χ4n) is 2.90. The molecule has 2 aromatic carbocycles. The van der Waals surface area contributed by atoms with Gasteiger partial charge in [-0.15, -0.1) is 0 Å². The lowest BCUT2D eigenvalue weighted by Gasteiger charge is -2.20. The van der Waals surface area contributed by atoms with E-state index < -0.39 is 16.1 Å². The highest BCUT2D eigenvalue weighted by atomic mass is 32.2. The Bertz CT molecular complexity index is 1030. The van der Waals surface area contributed by atoms with Crippen LogP contribution < -0.4 is 4.72 Å². The van der Waals surface area contributed by atoms with E-state index in [0.29, 0.717) is 17.0 Å². The number of rotatable bonds is 5. The number of halogens is 1. The van der Waals surface area contributed by atoms with Gasteiger partial charge in [-0.05, 0) is 43.2 Å². The van der Waals surface area contributed by atoms with Crippen LogP contribution in [-0.4, -0.2) is 18.0 Å². The number of nitrogens with one attached hydrogen (secondary N) is 1. The summed E-state index contributed by atoms with van der Waals surface area (Å²) in [6, 6.07) is 10.2. The predicted octanol–water partition coefficient (Wildman–Crippen LogP) is 3.24. The molecule has 7 heteroatoms. The van der Waals surface area contributed by atoms with Crippen molar-refractivity contribution in [1.29, 1.82) is 0 Å². The normalized spacial score (nSPS) is 12.9. The summed E-state index contributed by atoms with van der Waals surface area (Å²) in [4.78, 5) is 4.48. The zero-order valence-corrected chi connectivity index (χ0v) is 15.6. The topological polar surface area (TPSA) is 64.0 Å². The van der Waals surface area contributed by atoms with Gasteiger partial charge in [0.15, 0.2) is 0 Å². The summed E-state index contributed by atoms with van der Waals surface area (Å²) in [6.07, 6.45) is 3.33. The number of aryl methyl sites for hydroxylation is 3. The van der Waals surface area contributed by atoms with E-state index in [1.54, 1.807) is 55.2 Å². The highest BCUT2D eigenvalue weighted by molar-refractivity contribution is 7.89. The van der Waals surface area contributed by atoms with Crippen LogP contribution in [0.25, 0.3) is 0 Å². The average molecular weight is 373 g/mol. The molecule has 1 aromatic heterocycles. The Morgan fingerprint density at radius 2 is 1.81 bits per heavy atom. The molecule has 1 heterocycles. The van der Waals surface area contributed by atoms with Crippen LogP contribution in [0.2, 0.25) is 0 Å². The van der Waals surface area contributed by atoms with Gasteiger partial charge >= 0.3 is 0 Å². The van der Waals surface area contributed by atoms with E-state index in [1.807, 2.05) is 13.0 Å². The van der Waals surface area contributed by atoms with Gasteiger partial charge in [0.2, 0.25) is 10.0 Å². The molecule has 0 aliphatic rings. The highest BCUT2D eigenvalue weighted by Crippen LogP contribution is 2.25. The second-order valence-corrected chi connectivity index (χ2v) is 7.95. The Morgan fingerprint density at radius 3 is 2.38 bits per heavy atom. The molecule has 5 nitrogen and oxygen atoms in total. The van der Waals surface area contributed by atoms with Crippen LogP contribution in [0.4, 0.5) is 4.39 Å². The summed E-state index contributed by atoms with van der Waals surface area (Å²) in [5.41, 5.74) is 2.25. The molecular weight excluding hydrogens is 353 g/mol. The lowest BCUT2D eigenvalue weighted by molar-refractivity contribution is 0.561. The van der Waals surface area contributed by atoms with Gasteiger partial charge in [0.25, 0.3) is 0 Å². The molecule has 0 saturated heterocycles. The van der Waals surface area contributed by atoms with E-state index >= 15 is 0 Å². The first kappa shape index (κ1) is 18.3. The molecule has 26 heavy (non-hydrogen) atoms. The molecule has 136 valence electrons. The maximum absolute atomic E-state index is 13.3. The lowest BCUT2D eigenvalue weighted by Crippen LogP contribution is -2.31. The maximum atomic E-state index is 13.3. The number of nitrogens with zero attached hydrogens (tertiary/aromatic N) is 2. The Morgan fingerprint density at radius 1 is 1.12 bits per heavy atom. The SMILES string of the molecule is Cc1ccc(S(=O)(=O)NC(c2ccc(F)cc2)c2nccn2C)c(C)c1. The molecule has 1 atom stereocenters. The van der Waals surface area contributed by atoms with Crippen LogP contribution in [-0.2, 0) is 17.1 Å². The molecule has 3 rings (SSSR count). The minimum Gasteiger partial charge on any atom is -0.336 e. The van der Waals surface area contributed by atoms with Gasteiger partial charge in [-0.2, -0.15) is 4.72 Å². The molecule has 0 saturated carbocycles. The van der Waals surface area contributed by atoms with Gasteiger partial charge < -0.3 is 4.57 Å². The Hall–Kier alpha value is -2.51. The molecule has 1 unspecified atom stereocenters. The molecule has 0 aliphatic heterocycles. The van der Waals surface area contributed by atoms with Gasteiger partial charge in [-0.3, -0.25) is 0 Å². The van der Waals surface area contributed by atoms with Crippen molar-refractivity contribution in [3.05, 3.63) is 83.2 Å². The average Bonchev–Trinajstić information content (AvgIpc) is 2.99. The molecular formula is C19H20FN3O2S. The highest BCUT2D eigenvalue weighted by Gasteiger charge is 2.26. The van der Waals surface area contributed by atoms with Crippen molar-refractivity contribution < 1.29 is 12.8 Å². The third-order valence-electron chi connectivity index (χ3n) is 4.21. The van der Waals surface area contributed by atoms with E-state index in [4.69, 9.17) is 0 Å². The standard InChI is InChI=1S/C19H20FN3O2S/c1-13-4-9-17(14(2)12-13)26(24,25)22-18(19-21-10-11-23(19)3)15-5-7-16(20)8-6-15/h4-12,18,22H,1-3H3. The molecule has 0 bridgehead atoms.